The number of aryl methyl sites for hydroxylation is 1. The first-order chi connectivity index (χ1) is 14.1. The van der Waals surface area contributed by atoms with Crippen LogP contribution in [-0.2, 0) is 18.3 Å². The van der Waals surface area contributed by atoms with Crippen molar-refractivity contribution < 1.29 is 9.18 Å². The lowest BCUT2D eigenvalue weighted by atomic mass is 10.1. The van der Waals surface area contributed by atoms with Gasteiger partial charge in [0, 0.05) is 25.6 Å². The molecule has 4 rings (SSSR count). The molecule has 4 aromatic rings. The Bertz CT molecular complexity index is 1100. The van der Waals surface area contributed by atoms with Crippen LogP contribution in [0.1, 0.15) is 23.0 Å². The van der Waals surface area contributed by atoms with Crippen LogP contribution < -0.4 is 5.32 Å². The molecule has 0 saturated carbocycles. The van der Waals surface area contributed by atoms with Gasteiger partial charge in [-0.3, -0.25) is 4.79 Å². The number of carbonyl (C=O) groups excluding carboxylic acids is 1. The first-order valence-corrected chi connectivity index (χ1v) is 9.21. The smallest absolute Gasteiger partial charge is 0.225 e. The highest BCUT2D eigenvalue weighted by molar-refractivity contribution is 5.79. The van der Waals surface area contributed by atoms with Crippen molar-refractivity contribution in [1.29, 1.82) is 0 Å². The molecule has 7 heteroatoms. The van der Waals surface area contributed by atoms with E-state index in [1.807, 2.05) is 54.3 Å². The fourth-order valence-corrected chi connectivity index (χ4v) is 3.18. The second-order valence-corrected chi connectivity index (χ2v) is 6.75. The number of imidazole rings is 1. The van der Waals surface area contributed by atoms with Crippen molar-refractivity contribution in [3.05, 3.63) is 102 Å². The van der Waals surface area contributed by atoms with Crippen LogP contribution in [0.4, 0.5) is 4.39 Å². The summed E-state index contributed by atoms with van der Waals surface area (Å²) in [5, 5.41) is 7.34. The molecule has 0 unspecified atom stereocenters. The van der Waals surface area contributed by atoms with Gasteiger partial charge in [-0.1, -0.05) is 30.3 Å². The summed E-state index contributed by atoms with van der Waals surface area (Å²) in [5.41, 5.74) is 2.48. The third-order valence-electron chi connectivity index (χ3n) is 4.65. The van der Waals surface area contributed by atoms with Crippen molar-refractivity contribution in [1.82, 2.24) is 24.6 Å². The Hall–Kier alpha value is -3.74. The van der Waals surface area contributed by atoms with Crippen LogP contribution in [0.15, 0.2) is 79.4 Å². The zero-order valence-corrected chi connectivity index (χ0v) is 15.9. The van der Waals surface area contributed by atoms with Gasteiger partial charge >= 0.3 is 0 Å². The van der Waals surface area contributed by atoms with E-state index in [0.717, 1.165) is 16.8 Å². The van der Waals surface area contributed by atoms with Gasteiger partial charge in [0.05, 0.1) is 18.3 Å². The van der Waals surface area contributed by atoms with Crippen LogP contribution in [-0.4, -0.2) is 25.2 Å². The molecule has 6 nitrogen and oxygen atoms in total. The summed E-state index contributed by atoms with van der Waals surface area (Å²) in [4.78, 5) is 17.1. The number of amides is 1. The molecule has 0 radical (unpaired) electrons. The van der Waals surface area contributed by atoms with E-state index in [1.165, 1.54) is 12.1 Å². The summed E-state index contributed by atoms with van der Waals surface area (Å²) < 4.78 is 16.9. The van der Waals surface area contributed by atoms with E-state index in [2.05, 4.69) is 15.4 Å². The molecule has 2 aromatic carbocycles. The predicted molar refractivity (Wildman–Crippen MR) is 107 cm³/mol. The quantitative estimate of drug-likeness (QED) is 0.551. The summed E-state index contributed by atoms with van der Waals surface area (Å²) >= 11 is 0. The van der Waals surface area contributed by atoms with Gasteiger partial charge in [0.2, 0.25) is 5.91 Å². The van der Waals surface area contributed by atoms with Gasteiger partial charge in [-0.25, -0.2) is 14.1 Å². The average Bonchev–Trinajstić information content (AvgIpc) is 3.37. The maximum absolute atomic E-state index is 13.3. The van der Waals surface area contributed by atoms with E-state index in [0.29, 0.717) is 5.82 Å². The Morgan fingerprint density at radius 3 is 2.59 bits per heavy atom. The van der Waals surface area contributed by atoms with Gasteiger partial charge in [-0.15, -0.1) is 0 Å². The lowest BCUT2D eigenvalue weighted by molar-refractivity contribution is -0.121. The molecule has 1 amide bonds. The monoisotopic (exact) mass is 389 g/mol. The minimum absolute atomic E-state index is 0.171. The van der Waals surface area contributed by atoms with Crippen molar-refractivity contribution >= 4 is 5.91 Å². The second kappa shape index (κ2) is 8.10. The molecule has 0 aliphatic heterocycles. The summed E-state index contributed by atoms with van der Waals surface area (Å²) in [6.45, 7) is 0. The Labute approximate surface area is 167 Å². The van der Waals surface area contributed by atoms with Crippen LogP contribution in [0.5, 0.6) is 0 Å². The molecule has 0 aliphatic rings. The molecule has 2 aromatic heterocycles. The largest absolute Gasteiger partial charge is 0.342 e. The molecule has 146 valence electrons. The van der Waals surface area contributed by atoms with Crippen LogP contribution >= 0.6 is 0 Å². The van der Waals surface area contributed by atoms with E-state index in [4.69, 9.17) is 0 Å². The molecule has 2 heterocycles. The minimum Gasteiger partial charge on any atom is -0.342 e. The Morgan fingerprint density at radius 1 is 1.14 bits per heavy atom. The Balaban J connectivity index is 1.52. The van der Waals surface area contributed by atoms with Crippen molar-refractivity contribution in [2.45, 2.75) is 12.5 Å². The molecular weight excluding hydrogens is 369 g/mol. The van der Waals surface area contributed by atoms with Crippen LogP contribution in [0, 0.1) is 5.82 Å². The van der Waals surface area contributed by atoms with Gasteiger partial charge in [0.25, 0.3) is 0 Å². The van der Waals surface area contributed by atoms with E-state index in [1.54, 1.807) is 29.2 Å². The highest BCUT2D eigenvalue weighted by Crippen LogP contribution is 2.21. The van der Waals surface area contributed by atoms with E-state index in [9.17, 15) is 9.18 Å². The van der Waals surface area contributed by atoms with Gasteiger partial charge in [0.15, 0.2) is 0 Å². The molecule has 29 heavy (non-hydrogen) atoms. The van der Waals surface area contributed by atoms with E-state index >= 15 is 0 Å². The normalized spacial score (nSPS) is 11.9. The standard InChI is InChI=1S/C22H20FN5O/c1-27-12-11-24-22(27)21(17-7-9-18(23)10-8-17)26-20(29)13-16-14-25-28(15-16)19-5-3-2-4-6-19/h2-12,14-15,21H,13H2,1H3,(H,26,29)/t21-/m0/s1. The highest BCUT2D eigenvalue weighted by atomic mass is 19.1. The number of nitrogens with one attached hydrogen (secondary N) is 1. The second-order valence-electron chi connectivity index (χ2n) is 6.75. The third-order valence-corrected chi connectivity index (χ3v) is 4.65. The highest BCUT2D eigenvalue weighted by Gasteiger charge is 2.21. The topological polar surface area (TPSA) is 64.7 Å². The number of hydrogen-bond acceptors (Lipinski definition) is 3. The number of para-hydroxylation sites is 1. The van der Waals surface area contributed by atoms with Crippen molar-refractivity contribution in [2.24, 2.45) is 7.05 Å². The van der Waals surface area contributed by atoms with Crippen LogP contribution in [0.3, 0.4) is 0 Å². The van der Waals surface area contributed by atoms with Gasteiger partial charge in [0.1, 0.15) is 17.7 Å². The molecule has 0 saturated heterocycles. The molecule has 1 atom stereocenters. The lowest BCUT2D eigenvalue weighted by Crippen LogP contribution is -2.32. The summed E-state index contributed by atoms with van der Waals surface area (Å²) in [6.07, 6.45) is 7.17. The number of nitrogens with zero attached hydrogens (tertiary/aromatic N) is 4. The zero-order valence-electron chi connectivity index (χ0n) is 15.9. The molecule has 0 spiro atoms. The average molecular weight is 389 g/mol. The maximum Gasteiger partial charge on any atom is 0.225 e. The number of aromatic nitrogens is 4. The summed E-state index contributed by atoms with van der Waals surface area (Å²) in [7, 11) is 1.86. The lowest BCUT2D eigenvalue weighted by Gasteiger charge is -2.19. The number of halogens is 1. The first-order valence-electron chi connectivity index (χ1n) is 9.21. The molecular formula is C22H20FN5O. The predicted octanol–water partition coefficient (Wildman–Crippen LogP) is 3.19. The van der Waals surface area contributed by atoms with Crippen molar-refractivity contribution in [3.63, 3.8) is 0 Å². The molecule has 1 N–H and O–H groups in total. The van der Waals surface area contributed by atoms with Gasteiger partial charge in [-0.2, -0.15) is 5.10 Å². The summed E-state index contributed by atoms with van der Waals surface area (Å²) in [6, 6.07) is 15.3. The van der Waals surface area contributed by atoms with Crippen molar-refractivity contribution in [2.75, 3.05) is 0 Å². The number of benzene rings is 2. The fraction of sp³-hybridized carbons (Fsp3) is 0.136. The van der Waals surface area contributed by atoms with E-state index < -0.39 is 6.04 Å². The third kappa shape index (κ3) is 4.24. The minimum atomic E-state index is -0.479. The molecule has 0 fully saturated rings. The fourth-order valence-electron chi connectivity index (χ4n) is 3.18. The van der Waals surface area contributed by atoms with E-state index in [-0.39, 0.29) is 18.1 Å². The SMILES string of the molecule is Cn1ccnc1[C@@H](NC(=O)Cc1cnn(-c2ccccc2)c1)c1ccc(F)cc1. The molecule has 0 bridgehead atoms. The van der Waals surface area contributed by atoms with Gasteiger partial charge in [-0.05, 0) is 35.4 Å². The number of carbonyl (C=O) groups is 1. The zero-order chi connectivity index (χ0) is 20.2. The Kier molecular flexibility index (Phi) is 5.20. The Morgan fingerprint density at radius 2 is 1.90 bits per heavy atom. The number of hydrogen-bond donors (Lipinski definition) is 1. The maximum atomic E-state index is 13.3. The molecule has 0 aliphatic carbocycles. The van der Waals surface area contributed by atoms with Crippen molar-refractivity contribution in [3.8, 4) is 5.69 Å². The first kappa shape index (κ1) is 18.6. The van der Waals surface area contributed by atoms with Crippen LogP contribution in [0.25, 0.3) is 5.69 Å². The summed E-state index contributed by atoms with van der Waals surface area (Å²) in [5.74, 6) is 0.173. The van der Waals surface area contributed by atoms with Crippen LogP contribution in [0.2, 0.25) is 0 Å². The number of rotatable bonds is 6. The van der Waals surface area contributed by atoms with Gasteiger partial charge < -0.3 is 9.88 Å².